The maximum Gasteiger partial charge on any atom is 0.159 e. The van der Waals surface area contributed by atoms with Gasteiger partial charge in [0.25, 0.3) is 0 Å². The number of nitrogens with zero attached hydrogens (tertiary/aromatic N) is 1. The van der Waals surface area contributed by atoms with E-state index in [9.17, 15) is 8.78 Å². The smallest absolute Gasteiger partial charge is 0.159 e. The first kappa shape index (κ1) is 14.6. The lowest BCUT2D eigenvalue weighted by molar-refractivity contribution is 0.411. The van der Waals surface area contributed by atoms with Crippen molar-refractivity contribution in [2.75, 3.05) is 5.32 Å². The third-order valence-corrected chi connectivity index (χ3v) is 5.45. The van der Waals surface area contributed by atoms with Gasteiger partial charge in [0.05, 0.1) is 17.4 Å². The van der Waals surface area contributed by atoms with Crippen molar-refractivity contribution in [3.05, 3.63) is 94.8 Å². The average molecular weight is 334 g/mol. The summed E-state index contributed by atoms with van der Waals surface area (Å²) in [5, 5.41) is 3.51. The lowest BCUT2D eigenvalue weighted by Gasteiger charge is -2.37. The summed E-state index contributed by atoms with van der Waals surface area (Å²) in [5.74, 6) is -1.22. The molecule has 5 rings (SSSR count). The summed E-state index contributed by atoms with van der Waals surface area (Å²) in [5.41, 5.74) is 5.38. The number of pyridine rings is 1. The minimum atomic E-state index is -0.812. The zero-order valence-electron chi connectivity index (χ0n) is 13.4. The minimum Gasteiger partial charge on any atom is -0.376 e. The number of aromatic nitrogens is 1. The van der Waals surface area contributed by atoms with Gasteiger partial charge in [-0.1, -0.05) is 30.3 Å². The van der Waals surface area contributed by atoms with E-state index in [1.165, 1.54) is 23.3 Å². The Bertz CT molecular complexity index is 970. The summed E-state index contributed by atoms with van der Waals surface area (Å²) in [7, 11) is 0. The molecule has 1 aliphatic heterocycles. The molecule has 124 valence electrons. The van der Waals surface area contributed by atoms with Crippen LogP contribution in [0.1, 0.15) is 34.3 Å². The normalized spacial score (nSPS) is 23.4. The van der Waals surface area contributed by atoms with Gasteiger partial charge in [0.2, 0.25) is 0 Å². The standard InChI is InChI=1S/C21H16F2N2/c22-16-8-7-13(11-17(16)23)20-15-10-12-4-1-2-5-14(12)19(15)21-18(25-20)6-3-9-24-21/h1-9,11,15,19-20,25H,10H2/t15-,19+,20-/m1/s1. The second-order valence-corrected chi connectivity index (χ2v) is 6.78. The Morgan fingerprint density at radius 1 is 0.960 bits per heavy atom. The monoisotopic (exact) mass is 334 g/mol. The highest BCUT2D eigenvalue weighted by Gasteiger charge is 2.44. The molecule has 0 saturated heterocycles. The fourth-order valence-corrected chi connectivity index (χ4v) is 4.38. The van der Waals surface area contributed by atoms with Crippen LogP contribution in [0.25, 0.3) is 0 Å². The third-order valence-electron chi connectivity index (χ3n) is 5.45. The number of hydrogen-bond donors (Lipinski definition) is 1. The van der Waals surface area contributed by atoms with Gasteiger partial charge in [0.15, 0.2) is 11.6 Å². The van der Waals surface area contributed by atoms with E-state index in [2.05, 4.69) is 34.6 Å². The molecule has 2 heterocycles. The van der Waals surface area contributed by atoms with Crippen LogP contribution in [0.15, 0.2) is 60.8 Å². The largest absolute Gasteiger partial charge is 0.376 e. The predicted octanol–water partition coefficient (Wildman–Crippen LogP) is 4.83. The molecule has 0 unspecified atom stereocenters. The van der Waals surface area contributed by atoms with Crippen LogP contribution in [0.5, 0.6) is 0 Å². The summed E-state index contributed by atoms with van der Waals surface area (Å²) in [6.07, 6.45) is 2.71. The molecule has 2 nitrogen and oxygen atoms in total. The Labute approximate surface area is 144 Å². The van der Waals surface area contributed by atoms with Gasteiger partial charge in [-0.3, -0.25) is 4.98 Å². The molecule has 2 aliphatic rings. The topological polar surface area (TPSA) is 24.9 Å². The van der Waals surface area contributed by atoms with E-state index in [0.29, 0.717) is 0 Å². The second kappa shape index (κ2) is 5.38. The van der Waals surface area contributed by atoms with E-state index in [4.69, 9.17) is 0 Å². The molecular formula is C21H16F2N2. The number of fused-ring (bicyclic) bond motifs is 5. The van der Waals surface area contributed by atoms with Crippen LogP contribution in [0.4, 0.5) is 14.5 Å². The van der Waals surface area contributed by atoms with Gasteiger partial charge in [0.1, 0.15) is 0 Å². The Balaban J connectivity index is 1.67. The van der Waals surface area contributed by atoms with E-state index in [-0.39, 0.29) is 17.9 Å². The molecule has 2 aromatic carbocycles. The van der Waals surface area contributed by atoms with E-state index in [0.717, 1.165) is 23.4 Å². The summed E-state index contributed by atoms with van der Waals surface area (Å²) in [4.78, 5) is 4.62. The number of anilines is 1. The summed E-state index contributed by atoms with van der Waals surface area (Å²) in [6, 6.07) is 16.4. The maximum atomic E-state index is 13.8. The SMILES string of the molecule is Fc1ccc([C@H]2Nc3cccnc3[C@H]3c4ccccc4C[C@H]32)cc1F. The van der Waals surface area contributed by atoms with Crippen molar-refractivity contribution in [2.45, 2.75) is 18.4 Å². The molecule has 3 atom stereocenters. The molecule has 25 heavy (non-hydrogen) atoms. The molecule has 0 spiro atoms. The first-order chi connectivity index (χ1) is 12.2. The molecule has 1 aliphatic carbocycles. The van der Waals surface area contributed by atoms with E-state index in [1.807, 2.05) is 18.3 Å². The molecule has 4 heteroatoms. The van der Waals surface area contributed by atoms with Gasteiger partial charge in [0, 0.05) is 12.1 Å². The Kier molecular flexibility index (Phi) is 3.14. The maximum absolute atomic E-state index is 13.8. The molecule has 0 bridgehead atoms. The zero-order chi connectivity index (χ0) is 17.0. The summed E-state index contributed by atoms with van der Waals surface area (Å²) in [6.45, 7) is 0. The quantitative estimate of drug-likeness (QED) is 0.689. The molecule has 0 saturated carbocycles. The van der Waals surface area contributed by atoms with Crippen molar-refractivity contribution in [2.24, 2.45) is 5.92 Å². The first-order valence-electron chi connectivity index (χ1n) is 8.46. The molecule has 0 amide bonds. The van der Waals surface area contributed by atoms with Crippen molar-refractivity contribution >= 4 is 5.69 Å². The highest BCUT2D eigenvalue weighted by molar-refractivity contribution is 5.60. The molecule has 0 radical (unpaired) electrons. The Hall–Kier alpha value is -2.75. The van der Waals surface area contributed by atoms with Gasteiger partial charge < -0.3 is 5.32 Å². The lowest BCUT2D eigenvalue weighted by Crippen LogP contribution is -2.31. The van der Waals surface area contributed by atoms with Crippen molar-refractivity contribution in [1.82, 2.24) is 4.98 Å². The number of benzene rings is 2. The van der Waals surface area contributed by atoms with E-state index >= 15 is 0 Å². The van der Waals surface area contributed by atoms with Crippen molar-refractivity contribution < 1.29 is 8.78 Å². The van der Waals surface area contributed by atoms with Crippen LogP contribution < -0.4 is 5.32 Å². The second-order valence-electron chi connectivity index (χ2n) is 6.78. The number of hydrogen-bond acceptors (Lipinski definition) is 2. The Morgan fingerprint density at radius 3 is 2.72 bits per heavy atom. The van der Waals surface area contributed by atoms with Gasteiger partial charge in [-0.05, 0) is 53.3 Å². The fraction of sp³-hybridized carbons (Fsp3) is 0.190. The van der Waals surface area contributed by atoms with Gasteiger partial charge >= 0.3 is 0 Å². The van der Waals surface area contributed by atoms with E-state index < -0.39 is 11.6 Å². The van der Waals surface area contributed by atoms with Crippen LogP contribution in [-0.2, 0) is 6.42 Å². The summed E-state index contributed by atoms with van der Waals surface area (Å²) < 4.78 is 27.2. The lowest BCUT2D eigenvalue weighted by atomic mass is 9.77. The van der Waals surface area contributed by atoms with Crippen molar-refractivity contribution in [3.8, 4) is 0 Å². The molecule has 1 aromatic heterocycles. The number of halogens is 2. The molecule has 1 N–H and O–H groups in total. The minimum absolute atomic E-state index is 0.0794. The number of rotatable bonds is 1. The van der Waals surface area contributed by atoms with Crippen LogP contribution >= 0.6 is 0 Å². The average Bonchev–Trinajstić information content (AvgIpc) is 3.03. The highest BCUT2D eigenvalue weighted by Crippen LogP contribution is 2.52. The molecular weight excluding hydrogens is 318 g/mol. The van der Waals surface area contributed by atoms with Crippen LogP contribution in [0.2, 0.25) is 0 Å². The molecule has 0 fully saturated rings. The van der Waals surface area contributed by atoms with Crippen molar-refractivity contribution in [3.63, 3.8) is 0 Å². The summed E-state index contributed by atoms with van der Waals surface area (Å²) >= 11 is 0. The van der Waals surface area contributed by atoms with Crippen molar-refractivity contribution in [1.29, 1.82) is 0 Å². The third kappa shape index (κ3) is 2.17. The van der Waals surface area contributed by atoms with Crippen LogP contribution in [-0.4, -0.2) is 4.98 Å². The Morgan fingerprint density at radius 2 is 1.84 bits per heavy atom. The van der Waals surface area contributed by atoms with Gasteiger partial charge in [-0.25, -0.2) is 8.78 Å². The van der Waals surface area contributed by atoms with Crippen LogP contribution in [0.3, 0.4) is 0 Å². The van der Waals surface area contributed by atoms with Gasteiger partial charge in [-0.2, -0.15) is 0 Å². The fourth-order valence-electron chi connectivity index (χ4n) is 4.38. The van der Waals surface area contributed by atoms with E-state index in [1.54, 1.807) is 6.07 Å². The van der Waals surface area contributed by atoms with Crippen LogP contribution in [0, 0.1) is 17.6 Å². The van der Waals surface area contributed by atoms with Gasteiger partial charge in [-0.15, -0.1) is 0 Å². The number of nitrogens with one attached hydrogen (secondary N) is 1. The zero-order valence-corrected chi connectivity index (χ0v) is 13.4. The predicted molar refractivity (Wildman–Crippen MR) is 92.4 cm³/mol. The highest BCUT2D eigenvalue weighted by atomic mass is 19.2. The molecule has 3 aromatic rings. The first-order valence-corrected chi connectivity index (χ1v) is 8.46.